The minimum Gasteiger partial charge on any atom is -0.267 e. The normalized spacial score (nSPS) is 9.54. The number of hydrogen-bond acceptors (Lipinski definition) is 2. The Hall–Kier alpha value is -1.84. The topological polar surface area (TPSA) is 65.7 Å². The van der Waals surface area contributed by atoms with E-state index in [1.807, 2.05) is 0 Å². The van der Waals surface area contributed by atoms with Gasteiger partial charge in [-0.2, -0.15) is 0 Å². The van der Waals surface area contributed by atoms with Crippen molar-refractivity contribution >= 4 is 10.8 Å². The molecule has 1 aromatic heterocycles. The first-order chi connectivity index (χ1) is 5.79. The number of aromatic amines is 2. The Morgan fingerprint density at radius 2 is 1.23 bits per heavy atom. The molecule has 0 saturated heterocycles. The molecule has 0 bridgehead atoms. The van der Waals surface area contributed by atoms with E-state index in [-0.39, 0.29) is 18.5 Å². The third-order valence-corrected chi connectivity index (χ3v) is 1.71. The summed E-state index contributed by atoms with van der Waals surface area (Å²) >= 11 is 0. The van der Waals surface area contributed by atoms with Gasteiger partial charge in [0.25, 0.3) is 11.1 Å². The average molecular weight is 178 g/mol. The molecule has 4 heteroatoms. The number of benzene rings is 1. The molecule has 4 nitrogen and oxygen atoms in total. The van der Waals surface area contributed by atoms with Gasteiger partial charge in [0, 0.05) is 0 Å². The van der Waals surface area contributed by atoms with Crippen molar-refractivity contribution in [3.05, 3.63) is 45.0 Å². The summed E-state index contributed by atoms with van der Waals surface area (Å²) in [6.45, 7) is 0. The van der Waals surface area contributed by atoms with E-state index in [0.29, 0.717) is 10.8 Å². The lowest BCUT2D eigenvalue weighted by Gasteiger charge is -1.92. The summed E-state index contributed by atoms with van der Waals surface area (Å²) in [5.74, 6) is 0. The third-order valence-electron chi connectivity index (χ3n) is 1.71. The zero-order valence-electron chi connectivity index (χ0n) is 6.13. The first kappa shape index (κ1) is 9.25. The van der Waals surface area contributed by atoms with E-state index in [1.54, 1.807) is 24.3 Å². The van der Waals surface area contributed by atoms with E-state index in [0.717, 1.165) is 0 Å². The Bertz CT molecular complexity index is 476. The van der Waals surface area contributed by atoms with Crippen LogP contribution in [0.4, 0.5) is 0 Å². The smallest absolute Gasteiger partial charge is 0.267 e. The molecule has 0 aliphatic heterocycles. The summed E-state index contributed by atoms with van der Waals surface area (Å²) in [5, 5.41) is 5.33. The Morgan fingerprint density at radius 3 is 1.62 bits per heavy atom. The van der Waals surface area contributed by atoms with Gasteiger partial charge >= 0.3 is 0 Å². The summed E-state index contributed by atoms with van der Waals surface area (Å²) in [5.41, 5.74) is -0.546. The van der Waals surface area contributed by atoms with Gasteiger partial charge in [-0.1, -0.05) is 19.6 Å². The first-order valence-electron chi connectivity index (χ1n) is 3.49. The maximum absolute atomic E-state index is 11.1. The quantitative estimate of drug-likeness (QED) is 0.628. The van der Waals surface area contributed by atoms with Crippen LogP contribution in [0.3, 0.4) is 0 Å². The van der Waals surface area contributed by atoms with Crippen molar-refractivity contribution in [2.45, 2.75) is 7.43 Å². The Kier molecular flexibility index (Phi) is 2.32. The van der Waals surface area contributed by atoms with Gasteiger partial charge in [0.1, 0.15) is 0 Å². The van der Waals surface area contributed by atoms with Crippen LogP contribution in [0.5, 0.6) is 0 Å². The van der Waals surface area contributed by atoms with Crippen molar-refractivity contribution in [2.75, 3.05) is 0 Å². The minimum absolute atomic E-state index is 0. The standard InChI is InChI=1S/C8H6N2O2.CH4/c11-7-5-3-1-2-4-6(5)8(12)10-9-7;/h1-4H,(H,9,11)(H,10,12);1H4. The van der Waals surface area contributed by atoms with Crippen LogP contribution in [-0.4, -0.2) is 10.2 Å². The van der Waals surface area contributed by atoms with Gasteiger partial charge in [0.2, 0.25) is 0 Å². The molecule has 0 unspecified atom stereocenters. The number of rotatable bonds is 0. The Morgan fingerprint density at radius 1 is 0.846 bits per heavy atom. The molecule has 0 aliphatic rings. The van der Waals surface area contributed by atoms with Gasteiger partial charge in [-0.25, -0.2) is 0 Å². The molecule has 1 aromatic carbocycles. The molecule has 0 amide bonds. The van der Waals surface area contributed by atoms with Crippen molar-refractivity contribution in [1.82, 2.24) is 10.2 Å². The predicted octanol–water partition coefficient (Wildman–Crippen LogP) is 0.852. The lowest BCUT2D eigenvalue weighted by molar-refractivity contribution is 0.976. The van der Waals surface area contributed by atoms with Crippen molar-refractivity contribution in [3.8, 4) is 0 Å². The van der Waals surface area contributed by atoms with Crippen LogP contribution in [-0.2, 0) is 0 Å². The fraction of sp³-hybridized carbons (Fsp3) is 0.111. The van der Waals surface area contributed by atoms with E-state index >= 15 is 0 Å². The number of hydrogen-bond donors (Lipinski definition) is 2. The van der Waals surface area contributed by atoms with Crippen molar-refractivity contribution in [1.29, 1.82) is 0 Å². The average Bonchev–Trinajstić information content (AvgIpc) is 2.12. The largest absolute Gasteiger partial charge is 0.270 e. The van der Waals surface area contributed by atoms with Crippen LogP contribution in [0.25, 0.3) is 10.8 Å². The summed E-state index contributed by atoms with van der Waals surface area (Å²) < 4.78 is 0. The van der Waals surface area contributed by atoms with Crippen molar-refractivity contribution in [2.24, 2.45) is 0 Å². The SMILES string of the molecule is C.O=c1[nH][nH]c(=O)c2ccccc12. The van der Waals surface area contributed by atoms with E-state index in [2.05, 4.69) is 10.2 Å². The lowest BCUT2D eigenvalue weighted by atomic mass is 10.2. The van der Waals surface area contributed by atoms with Gasteiger partial charge in [0.15, 0.2) is 0 Å². The van der Waals surface area contributed by atoms with Crippen LogP contribution in [0.1, 0.15) is 7.43 Å². The molecular formula is C9H10N2O2. The van der Waals surface area contributed by atoms with Crippen LogP contribution < -0.4 is 11.1 Å². The predicted molar refractivity (Wildman–Crippen MR) is 51.9 cm³/mol. The third kappa shape index (κ3) is 1.38. The van der Waals surface area contributed by atoms with Crippen molar-refractivity contribution in [3.63, 3.8) is 0 Å². The second-order valence-electron chi connectivity index (χ2n) is 2.45. The summed E-state index contributed by atoms with van der Waals surface area (Å²) in [6.07, 6.45) is 0. The molecule has 13 heavy (non-hydrogen) atoms. The molecule has 0 aliphatic carbocycles. The van der Waals surface area contributed by atoms with Crippen LogP contribution in [0, 0.1) is 0 Å². The lowest BCUT2D eigenvalue weighted by Crippen LogP contribution is -2.18. The van der Waals surface area contributed by atoms with Gasteiger partial charge in [-0.15, -0.1) is 0 Å². The van der Waals surface area contributed by atoms with E-state index < -0.39 is 0 Å². The molecule has 2 N–H and O–H groups in total. The molecule has 0 saturated carbocycles. The summed E-state index contributed by atoms with van der Waals surface area (Å²) in [6, 6.07) is 6.67. The number of aromatic nitrogens is 2. The molecule has 2 rings (SSSR count). The van der Waals surface area contributed by atoms with Crippen LogP contribution in [0.15, 0.2) is 33.9 Å². The highest BCUT2D eigenvalue weighted by atomic mass is 16.1. The monoisotopic (exact) mass is 178 g/mol. The fourth-order valence-corrected chi connectivity index (χ4v) is 1.13. The highest BCUT2D eigenvalue weighted by molar-refractivity contribution is 5.79. The summed E-state index contributed by atoms with van der Waals surface area (Å²) in [4.78, 5) is 22.2. The van der Waals surface area contributed by atoms with E-state index in [9.17, 15) is 9.59 Å². The zero-order valence-corrected chi connectivity index (χ0v) is 6.13. The summed E-state index contributed by atoms with van der Waals surface area (Å²) in [7, 11) is 0. The molecule has 0 fully saturated rings. The fourth-order valence-electron chi connectivity index (χ4n) is 1.13. The highest BCUT2D eigenvalue weighted by Crippen LogP contribution is 2.00. The van der Waals surface area contributed by atoms with E-state index in [1.165, 1.54) is 0 Å². The van der Waals surface area contributed by atoms with Gasteiger partial charge in [-0.05, 0) is 12.1 Å². The Labute approximate surface area is 74.2 Å². The van der Waals surface area contributed by atoms with Gasteiger partial charge < -0.3 is 0 Å². The number of nitrogens with one attached hydrogen (secondary N) is 2. The minimum atomic E-state index is -0.273. The Balaban J connectivity index is 0.000000845. The molecule has 1 heterocycles. The van der Waals surface area contributed by atoms with Gasteiger partial charge in [-0.3, -0.25) is 19.8 Å². The first-order valence-corrected chi connectivity index (χ1v) is 3.49. The maximum atomic E-state index is 11.1. The molecule has 0 spiro atoms. The molecular weight excluding hydrogens is 168 g/mol. The molecule has 2 aromatic rings. The second-order valence-corrected chi connectivity index (χ2v) is 2.45. The van der Waals surface area contributed by atoms with Crippen LogP contribution in [0.2, 0.25) is 0 Å². The van der Waals surface area contributed by atoms with Crippen LogP contribution >= 0.6 is 0 Å². The maximum Gasteiger partial charge on any atom is 0.270 e. The van der Waals surface area contributed by atoms with Crippen molar-refractivity contribution < 1.29 is 0 Å². The molecule has 68 valence electrons. The second kappa shape index (κ2) is 3.26. The zero-order chi connectivity index (χ0) is 8.55. The molecule has 0 atom stereocenters. The highest BCUT2D eigenvalue weighted by Gasteiger charge is 1.98. The number of H-pyrrole nitrogens is 2. The number of fused-ring (bicyclic) bond motifs is 1. The molecule has 0 radical (unpaired) electrons. The van der Waals surface area contributed by atoms with Gasteiger partial charge in [0.05, 0.1) is 10.8 Å². The van der Waals surface area contributed by atoms with E-state index in [4.69, 9.17) is 0 Å².